The van der Waals surface area contributed by atoms with Gasteiger partial charge in [0.05, 0.1) is 0 Å². The second kappa shape index (κ2) is 6.73. The summed E-state index contributed by atoms with van der Waals surface area (Å²) in [5.41, 5.74) is 3.24. The molecule has 0 bridgehead atoms. The van der Waals surface area contributed by atoms with Crippen LogP contribution in [0.2, 0.25) is 5.02 Å². The summed E-state index contributed by atoms with van der Waals surface area (Å²) in [5.74, 6) is 1.24. The van der Waals surface area contributed by atoms with Crippen molar-refractivity contribution in [2.24, 2.45) is 0 Å². The van der Waals surface area contributed by atoms with Gasteiger partial charge in [-0.2, -0.15) is 0 Å². The maximum Gasteiger partial charge on any atom is 0.264 e. The first-order chi connectivity index (χ1) is 12.2. The molecular weight excluding hydrogens is 334 g/mol. The number of fused-ring (bicyclic) bond motifs is 1. The van der Waals surface area contributed by atoms with Gasteiger partial charge in [0.25, 0.3) is 5.89 Å². The van der Waals surface area contributed by atoms with Crippen LogP contribution in [-0.4, -0.2) is 14.8 Å². The van der Waals surface area contributed by atoms with Gasteiger partial charge < -0.3 is 8.98 Å². The first-order valence-corrected chi connectivity index (χ1v) is 8.78. The van der Waals surface area contributed by atoms with Crippen molar-refractivity contribution in [3.63, 3.8) is 0 Å². The lowest BCUT2D eigenvalue weighted by Gasteiger charge is -2.09. The fraction of sp³-hybridized carbons (Fsp3) is 0.200. The van der Waals surface area contributed by atoms with Crippen molar-refractivity contribution in [1.82, 2.24) is 14.8 Å². The molecule has 0 saturated carbocycles. The third-order valence-corrected chi connectivity index (χ3v) is 4.47. The summed E-state index contributed by atoms with van der Waals surface area (Å²) < 4.78 is 8.08. The third-order valence-electron chi connectivity index (χ3n) is 4.21. The standard InChI is InChI=1S/C20H18ClN3O/c1-2-5-19-22-23-20(25-19)18-12-15-6-3-4-7-17(15)24(18)13-14-8-10-16(21)11-9-14/h3-4,6-12H,2,5,13H2,1H3. The normalized spacial score (nSPS) is 11.3. The summed E-state index contributed by atoms with van der Waals surface area (Å²) in [4.78, 5) is 0. The number of rotatable bonds is 5. The third kappa shape index (κ3) is 3.17. The zero-order valence-corrected chi connectivity index (χ0v) is 14.7. The highest BCUT2D eigenvalue weighted by Crippen LogP contribution is 2.29. The Kier molecular flexibility index (Phi) is 4.28. The molecule has 5 heteroatoms. The van der Waals surface area contributed by atoms with Crippen LogP contribution < -0.4 is 0 Å². The second-order valence-electron chi connectivity index (χ2n) is 6.05. The van der Waals surface area contributed by atoms with Gasteiger partial charge >= 0.3 is 0 Å². The van der Waals surface area contributed by atoms with Gasteiger partial charge in [0.15, 0.2) is 0 Å². The topological polar surface area (TPSA) is 43.9 Å². The smallest absolute Gasteiger partial charge is 0.264 e. The van der Waals surface area contributed by atoms with E-state index in [-0.39, 0.29) is 0 Å². The van der Waals surface area contributed by atoms with Crippen molar-refractivity contribution in [3.05, 3.63) is 71.1 Å². The monoisotopic (exact) mass is 351 g/mol. The molecule has 4 rings (SSSR count). The summed E-state index contributed by atoms with van der Waals surface area (Å²) in [6, 6.07) is 18.3. The van der Waals surface area contributed by atoms with E-state index < -0.39 is 0 Å². The van der Waals surface area contributed by atoms with Gasteiger partial charge in [-0.15, -0.1) is 10.2 Å². The van der Waals surface area contributed by atoms with Crippen LogP contribution in [0.1, 0.15) is 24.8 Å². The molecule has 2 aromatic heterocycles. The summed E-state index contributed by atoms with van der Waals surface area (Å²) in [6.07, 6.45) is 1.78. The zero-order chi connectivity index (χ0) is 17.2. The lowest BCUT2D eigenvalue weighted by Crippen LogP contribution is -2.01. The quantitative estimate of drug-likeness (QED) is 0.487. The molecule has 0 fully saturated rings. The van der Waals surface area contributed by atoms with Crippen LogP contribution >= 0.6 is 11.6 Å². The average molecular weight is 352 g/mol. The number of hydrogen-bond donors (Lipinski definition) is 0. The van der Waals surface area contributed by atoms with E-state index in [1.165, 1.54) is 5.56 Å². The maximum absolute atomic E-state index is 6.01. The lowest BCUT2D eigenvalue weighted by atomic mass is 10.2. The second-order valence-corrected chi connectivity index (χ2v) is 6.49. The number of aromatic nitrogens is 3. The Hall–Kier alpha value is -2.59. The summed E-state index contributed by atoms with van der Waals surface area (Å²) >= 11 is 6.01. The fourth-order valence-electron chi connectivity index (χ4n) is 3.00. The van der Waals surface area contributed by atoms with Crippen LogP contribution in [0.25, 0.3) is 22.5 Å². The molecule has 0 spiro atoms. The molecule has 25 heavy (non-hydrogen) atoms. The van der Waals surface area contributed by atoms with Gasteiger partial charge in [-0.05, 0) is 36.2 Å². The summed E-state index contributed by atoms with van der Waals surface area (Å²) in [7, 11) is 0. The van der Waals surface area contributed by atoms with Gasteiger partial charge in [-0.1, -0.05) is 48.9 Å². The number of aryl methyl sites for hydroxylation is 1. The molecule has 0 N–H and O–H groups in total. The Morgan fingerprint density at radius 1 is 1.04 bits per heavy atom. The van der Waals surface area contributed by atoms with Crippen LogP contribution in [0.15, 0.2) is 59.0 Å². The molecular formula is C20H18ClN3O. The van der Waals surface area contributed by atoms with Gasteiger partial charge in [0.2, 0.25) is 5.89 Å². The van der Waals surface area contributed by atoms with E-state index in [1.54, 1.807) is 0 Å². The van der Waals surface area contributed by atoms with Gasteiger partial charge in [-0.25, -0.2) is 0 Å². The first-order valence-electron chi connectivity index (χ1n) is 8.40. The van der Waals surface area contributed by atoms with E-state index in [0.717, 1.165) is 34.5 Å². The number of para-hydroxylation sites is 1. The number of nitrogens with zero attached hydrogens (tertiary/aromatic N) is 3. The highest BCUT2D eigenvalue weighted by molar-refractivity contribution is 6.30. The first kappa shape index (κ1) is 15.9. The molecule has 0 aliphatic heterocycles. The summed E-state index contributed by atoms with van der Waals surface area (Å²) in [5, 5.41) is 10.3. The van der Waals surface area contributed by atoms with Crippen molar-refractivity contribution < 1.29 is 4.42 Å². The van der Waals surface area contributed by atoms with Crippen molar-refractivity contribution in [1.29, 1.82) is 0 Å². The van der Waals surface area contributed by atoms with Crippen LogP contribution in [0.5, 0.6) is 0 Å². The molecule has 0 aliphatic carbocycles. The Morgan fingerprint density at radius 2 is 1.84 bits per heavy atom. The zero-order valence-electron chi connectivity index (χ0n) is 13.9. The minimum absolute atomic E-state index is 0.564. The van der Waals surface area contributed by atoms with Gasteiger partial charge in [-0.3, -0.25) is 0 Å². The van der Waals surface area contributed by atoms with Gasteiger partial charge in [0, 0.05) is 28.9 Å². The average Bonchev–Trinajstić information content (AvgIpc) is 3.22. The van der Waals surface area contributed by atoms with E-state index in [1.807, 2.05) is 36.4 Å². The Labute approximate surface area is 151 Å². The summed E-state index contributed by atoms with van der Waals surface area (Å²) in [6.45, 7) is 2.81. The highest BCUT2D eigenvalue weighted by atomic mass is 35.5. The SMILES string of the molecule is CCCc1nnc(-c2cc3ccccc3n2Cc2ccc(Cl)cc2)o1. The molecule has 0 atom stereocenters. The van der Waals surface area contributed by atoms with Crippen LogP contribution in [0.3, 0.4) is 0 Å². The molecule has 0 aliphatic rings. The number of hydrogen-bond acceptors (Lipinski definition) is 3. The van der Waals surface area contributed by atoms with E-state index >= 15 is 0 Å². The van der Waals surface area contributed by atoms with Crippen LogP contribution in [0, 0.1) is 0 Å². The number of benzene rings is 2. The molecule has 0 unspecified atom stereocenters. The molecule has 0 radical (unpaired) electrons. The highest BCUT2D eigenvalue weighted by Gasteiger charge is 2.16. The van der Waals surface area contributed by atoms with Crippen molar-refractivity contribution in [2.45, 2.75) is 26.3 Å². The Bertz CT molecular complexity index is 1000. The number of halogens is 1. The van der Waals surface area contributed by atoms with E-state index in [4.69, 9.17) is 16.0 Å². The molecule has 4 aromatic rings. The van der Waals surface area contributed by atoms with Crippen molar-refractivity contribution >= 4 is 22.5 Å². The maximum atomic E-state index is 6.01. The van der Waals surface area contributed by atoms with E-state index in [0.29, 0.717) is 18.3 Å². The van der Waals surface area contributed by atoms with E-state index in [2.05, 4.69) is 39.9 Å². The minimum Gasteiger partial charge on any atom is -0.419 e. The predicted octanol–water partition coefficient (Wildman–Crippen LogP) is 5.35. The fourth-order valence-corrected chi connectivity index (χ4v) is 3.13. The molecule has 0 saturated heterocycles. The van der Waals surface area contributed by atoms with Crippen molar-refractivity contribution in [3.8, 4) is 11.6 Å². The predicted molar refractivity (Wildman–Crippen MR) is 99.8 cm³/mol. The molecule has 2 aromatic carbocycles. The molecule has 126 valence electrons. The van der Waals surface area contributed by atoms with Crippen LogP contribution in [-0.2, 0) is 13.0 Å². The van der Waals surface area contributed by atoms with Crippen molar-refractivity contribution in [2.75, 3.05) is 0 Å². The largest absolute Gasteiger partial charge is 0.419 e. The molecule has 4 nitrogen and oxygen atoms in total. The van der Waals surface area contributed by atoms with E-state index in [9.17, 15) is 0 Å². The van der Waals surface area contributed by atoms with Crippen LogP contribution in [0.4, 0.5) is 0 Å². The minimum atomic E-state index is 0.564. The lowest BCUT2D eigenvalue weighted by molar-refractivity contribution is 0.498. The Morgan fingerprint density at radius 3 is 2.64 bits per heavy atom. The molecule has 2 heterocycles. The van der Waals surface area contributed by atoms with Gasteiger partial charge in [0.1, 0.15) is 5.69 Å². The molecule has 0 amide bonds. The Balaban J connectivity index is 1.81.